The molecule has 0 unspecified atom stereocenters. The van der Waals surface area contributed by atoms with E-state index in [1.54, 1.807) is 0 Å². The average Bonchev–Trinajstić information content (AvgIpc) is 2.38. The first-order chi connectivity index (χ1) is 11.3. The van der Waals surface area contributed by atoms with Gasteiger partial charge in [0.05, 0.1) is 0 Å². The van der Waals surface area contributed by atoms with E-state index in [9.17, 15) is 0 Å². The van der Waals surface area contributed by atoms with Gasteiger partial charge in [0.15, 0.2) is 0 Å². The van der Waals surface area contributed by atoms with Crippen molar-refractivity contribution >= 4 is 33.3 Å². The quantitative estimate of drug-likeness (QED) is 0.198. The molecule has 0 fully saturated rings. The number of halogens is 1. The monoisotopic (exact) mass is 619 g/mol. The van der Waals surface area contributed by atoms with Gasteiger partial charge in [-0.15, -0.1) is 0 Å². The van der Waals surface area contributed by atoms with Gasteiger partial charge in [0.1, 0.15) is 0 Å². The van der Waals surface area contributed by atoms with Gasteiger partial charge in [0.2, 0.25) is 11.1 Å². The molecule has 0 rings (SSSR count). The summed E-state index contributed by atoms with van der Waals surface area (Å²) in [6.45, 7) is 44.7. The zero-order chi connectivity index (χ0) is 23.1. The number of hydrogen-bond donors (Lipinski definition) is 0. The molecule has 0 amide bonds. The van der Waals surface area contributed by atoms with Crippen LogP contribution in [0.2, 0.25) is 0 Å². The molecule has 7 heteroatoms. The summed E-state index contributed by atoms with van der Waals surface area (Å²) in [5, 5.41) is 0. The molecule has 0 bridgehead atoms. The Morgan fingerprint density at radius 3 is 0.577 bits per heavy atom. The maximum atomic E-state index is 6.48. The van der Waals surface area contributed by atoms with Crippen LogP contribution in [0.4, 0.5) is 0 Å². The molecule has 26 heavy (non-hydrogen) atoms. The van der Waals surface area contributed by atoms with Crippen LogP contribution in [0.25, 0.3) is 9.69 Å². The molecule has 0 N–H and O–H groups in total. The van der Waals surface area contributed by atoms with Crippen LogP contribution in [-0.4, -0.2) is 71.1 Å². The number of rotatable bonds is 0. The molecule has 0 aromatic rings. The van der Waals surface area contributed by atoms with Crippen molar-refractivity contribution in [3.05, 3.63) is 22.8 Å². The van der Waals surface area contributed by atoms with Crippen molar-refractivity contribution in [1.29, 1.82) is 0 Å². The van der Waals surface area contributed by atoms with E-state index in [0.717, 1.165) is 0 Å². The summed E-state index contributed by atoms with van der Waals surface area (Å²) >= 11 is 1.19. The van der Waals surface area contributed by atoms with Crippen LogP contribution >= 0.6 is 33.3 Å². The second-order valence-corrected chi connectivity index (χ2v) is 18.1. The molecule has 2 nitrogen and oxygen atoms in total. The summed E-state index contributed by atoms with van der Waals surface area (Å²) in [4.78, 5) is 6.54. The van der Waals surface area contributed by atoms with Crippen LogP contribution in [0.15, 0.2) is 0 Å². The van der Waals surface area contributed by atoms with Gasteiger partial charge in [-0.1, -0.05) is 0 Å². The predicted molar refractivity (Wildman–Crippen MR) is 137 cm³/mol. The minimum absolute atomic E-state index is 0.120. The maximum absolute atomic E-state index is 6.48. The van der Waals surface area contributed by atoms with Crippen molar-refractivity contribution in [2.45, 2.75) is 52.6 Å². The molecule has 0 aliphatic rings. The zero-order valence-corrected chi connectivity index (χ0v) is 26.6. The van der Waals surface area contributed by atoms with Crippen molar-refractivity contribution in [3.8, 4) is 0 Å². The molecular weight excluding hydrogens is 571 g/mol. The van der Waals surface area contributed by atoms with E-state index in [-0.39, 0.29) is 34.8 Å². The van der Waals surface area contributed by atoms with Gasteiger partial charge in [-0.25, -0.2) is 13.1 Å². The van der Waals surface area contributed by atoms with Crippen LogP contribution in [0, 0.1) is 13.1 Å². The Labute approximate surface area is 186 Å². The molecule has 0 spiro atoms. The molecule has 0 radical (unpaired) electrons. The van der Waals surface area contributed by atoms with Gasteiger partial charge in [-0.2, -0.15) is 0 Å². The third kappa shape index (κ3) is 284. The van der Waals surface area contributed by atoms with E-state index in [4.69, 9.17) is 22.7 Å². The van der Waals surface area contributed by atoms with Crippen LogP contribution in [0.3, 0.4) is 0 Å². The molecular formula is C19H48ClN2P3Re+3. The normalized spacial score (nSPS) is 9.15. The summed E-state index contributed by atoms with van der Waals surface area (Å²) in [5.41, 5.74) is -0.333. The van der Waals surface area contributed by atoms with Gasteiger partial charge in [-0.3, -0.25) is 0 Å². The van der Waals surface area contributed by atoms with E-state index in [1.807, 2.05) is 41.5 Å². The third-order valence-corrected chi connectivity index (χ3v) is 0.671. The summed E-state index contributed by atoms with van der Waals surface area (Å²) in [6, 6.07) is 0. The van der Waals surface area contributed by atoms with Crippen molar-refractivity contribution in [3.63, 3.8) is 0 Å². The van der Waals surface area contributed by atoms with Crippen LogP contribution in [0.5, 0.6) is 0 Å². The average molecular weight is 619 g/mol. The van der Waals surface area contributed by atoms with Gasteiger partial charge < -0.3 is 9.69 Å². The molecule has 0 saturated carbocycles. The van der Waals surface area contributed by atoms with Crippen LogP contribution in [0.1, 0.15) is 41.5 Å². The Hall–Kier alpha value is 1.22. The second kappa shape index (κ2) is 28.4. The van der Waals surface area contributed by atoms with Gasteiger partial charge in [0.25, 0.3) is 0 Å². The van der Waals surface area contributed by atoms with E-state index in [2.05, 4.69) is 69.7 Å². The molecule has 0 aliphatic heterocycles. The van der Waals surface area contributed by atoms with Gasteiger partial charge >= 0.3 is 27.7 Å². The van der Waals surface area contributed by atoms with Crippen molar-refractivity contribution < 1.29 is 18.2 Å². The zero-order valence-electron chi connectivity index (χ0n) is 20.2. The van der Waals surface area contributed by atoms with Crippen molar-refractivity contribution in [2.24, 2.45) is 0 Å². The Morgan fingerprint density at radius 1 is 0.538 bits per heavy atom. The first-order valence-electron chi connectivity index (χ1n) is 8.54. The molecule has 0 aromatic heterocycles. The first kappa shape index (κ1) is 41.6. The summed E-state index contributed by atoms with van der Waals surface area (Å²) in [5.74, 6) is 0. The number of hydrogen-bond acceptors (Lipinski definition) is 0. The predicted octanol–water partition coefficient (Wildman–Crippen LogP) is 7.37. The molecule has 0 atom stereocenters. The molecule has 0 saturated heterocycles. The fourth-order valence-electron chi connectivity index (χ4n) is 0. The molecule has 0 heterocycles. The van der Waals surface area contributed by atoms with Gasteiger partial charge in [0, 0.05) is 102 Å². The van der Waals surface area contributed by atoms with E-state index < -0.39 is 0 Å². The Morgan fingerprint density at radius 2 is 0.577 bits per heavy atom. The van der Waals surface area contributed by atoms with E-state index >= 15 is 0 Å². The summed E-state index contributed by atoms with van der Waals surface area (Å²) < 4.78 is 0. The first-order valence-corrected chi connectivity index (χ1v) is 20.9. The number of nitrogens with zero attached hydrogens (tertiary/aromatic N) is 2. The van der Waals surface area contributed by atoms with E-state index in [0.29, 0.717) is 0 Å². The summed E-state index contributed by atoms with van der Waals surface area (Å²) in [6.07, 6.45) is 0. The minimum atomic E-state index is -0.167. The standard InChI is InChI=1S/2C5H9N.3C3H9P.ClH.Re/c2*1-5(2,3)6-4;3*1-4(2)3;;/h2*1-3H3;3*1-3H3;1H;/q;;;;;;+1/p+2. The van der Waals surface area contributed by atoms with Crippen molar-refractivity contribution in [2.75, 3.05) is 60.0 Å². The van der Waals surface area contributed by atoms with Gasteiger partial charge in [-0.05, 0) is 23.8 Å². The van der Waals surface area contributed by atoms with Crippen molar-refractivity contribution in [1.82, 2.24) is 0 Å². The van der Waals surface area contributed by atoms with Crippen LogP contribution in [-0.2, 0) is 18.2 Å². The molecule has 0 aromatic carbocycles. The Balaban J connectivity index is -0.0000000475. The molecule has 160 valence electrons. The third-order valence-electron chi connectivity index (χ3n) is 0.671. The van der Waals surface area contributed by atoms with E-state index in [1.165, 1.54) is 18.2 Å². The Bertz CT molecular complexity index is 277. The van der Waals surface area contributed by atoms with Crippen LogP contribution < -0.4 is 0 Å². The molecule has 0 aliphatic carbocycles. The summed E-state index contributed by atoms with van der Waals surface area (Å²) in [7, 11) is 5.06. The SMILES string of the molecule is C[PH+](C)C.C[PH+](C)C.C[PH+](C)C.[C-]#[N+]C(C)(C)C.[C-]#[N+]C(C)(C)C.[Cl][Re]. The Kier molecular flexibility index (Phi) is 45.4. The second-order valence-electron chi connectivity index (χ2n) is 9.07. The topological polar surface area (TPSA) is 8.72 Å². The fourth-order valence-corrected chi connectivity index (χ4v) is 0. The fraction of sp³-hybridized carbons (Fsp3) is 0.895.